The van der Waals surface area contributed by atoms with Gasteiger partial charge in [-0.25, -0.2) is 0 Å². The van der Waals surface area contributed by atoms with Crippen molar-refractivity contribution in [2.45, 2.75) is 13.0 Å². The molecule has 5 heteroatoms. The number of hydrogen-bond acceptors (Lipinski definition) is 3. The average molecular weight is 374 g/mol. The van der Waals surface area contributed by atoms with Gasteiger partial charge >= 0.3 is 0 Å². The molecule has 28 heavy (non-hydrogen) atoms. The van der Waals surface area contributed by atoms with Crippen molar-refractivity contribution in [3.8, 4) is 11.1 Å². The number of amides is 1. The summed E-state index contributed by atoms with van der Waals surface area (Å²) in [7, 11) is 2.19. The first kappa shape index (κ1) is 17.5. The number of benzene rings is 1. The van der Waals surface area contributed by atoms with Crippen LogP contribution < -0.4 is 5.32 Å². The summed E-state index contributed by atoms with van der Waals surface area (Å²) < 4.78 is 2.10. The van der Waals surface area contributed by atoms with Crippen LogP contribution in [0.4, 0.5) is 0 Å². The van der Waals surface area contributed by atoms with Crippen LogP contribution in [0.3, 0.4) is 0 Å². The first-order valence-corrected chi connectivity index (χ1v) is 10.1. The summed E-state index contributed by atoms with van der Waals surface area (Å²) in [6, 6.07) is 12.8. The first-order valence-electron chi connectivity index (χ1n) is 10.1. The van der Waals surface area contributed by atoms with Gasteiger partial charge in [0.05, 0.1) is 11.1 Å². The molecule has 4 heterocycles. The van der Waals surface area contributed by atoms with Crippen LogP contribution in [0.15, 0.2) is 48.8 Å². The van der Waals surface area contributed by atoms with Crippen molar-refractivity contribution in [3.05, 3.63) is 65.5 Å². The molecule has 0 bridgehead atoms. The van der Waals surface area contributed by atoms with Crippen molar-refractivity contribution < 1.29 is 4.79 Å². The van der Waals surface area contributed by atoms with Gasteiger partial charge in [0.2, 0.25) is 0 Å². The second kappa shape index (κ2) is 7.08. The molecule has 1 amide bonds. The van der Waals surface area contributed by atoms with E-state index >= 15 is 0 Å². The number of aromatic nitrogens is 1. The van der Waals surface area contributed by atoms with Crippen molar-refractivity contribution in [2.24, 2.45) is 0 Å². The highest BCUT2D eigenvalue weighted by atomic mass is 16.1. The number of nitrogens with one attached hydrogen (secondary N) is 1. The molecule has 1 aromatic carbocycles. The Balaban J connectivity index is 1.45. The van der Waals surface area contributed by atoms with Gasteiger partial charge in [-0.1, -0.05) is 24.3 Å². The summed E-state index contributed by atoms with van der Waals surface area (Å²) in [5.74, 6) is 0.0246. The number of rotatable bonds is 3. The zero-order valence-electron chi connectivity index (χ0n) is 16.3. The molecular formula is C23H26N4O. The molecule has 1 saturated heterocycles. The number of nitrogens with zero attached hydrogens (tertiary/aromatic N) is 3. The molecule has 0 spiro atoms. The van der Waals surface area contributed by atoms with Crippen LogP contribution in [0, 0.1) is 0 Å². The highest BCUT2D eigenvalue weighted by Crippen LogP contribution is 2.32. The van der Waals surface area contributed by atoms with E-state index in [9.17, 15) is 4.79 Å². The third-order valence-corrected chi connectivity index (χ3v) is 6.07. The van der Waals surface area contributed by atoms with E-state index in [0.29, 0.717) is 6.54 Å². The number of carbonyl (C=O) groups is 1. The number of hydrogen-bond donors (Lipinski definition) is 1. The number of likely N-dealkylation sites (N-methyl/N-ethyl adjacent to an activating group) is 1. The van der Waals surface area contributed by atoms with E-state index in [4.69, 9.17) is 0 Å². The maximum atomic E-state index is 12.4. The van der Waals surface area contributed by atoms with E-state index in [1.165, 1.54) is 22.3 Å². The van der Waals surface area contributed by atoms with E-state index in [1.54, 1.807) is 0 Å². The van der Waals surface area contributed by atoms with Gasteiger partial charge < -0.3 is 14.6 Å². The molecule has 0 radical (unpaired) electrons. The molecule has 2 aliphatic rings. The summed E-state index contributed by atoms with van der Waals surface area (Å²) in [6.45, 7) is 6.26. The first-order chi connectivity index (χ1) is 13.7. The lowest BCUT2D eigenvalue weighted by Crippen LogP contribution is -2.43. The molecule has 1 fully saturated rings. The zero-order chi connectivity index (χ0) is 19.1. The average Bonchev–Trinajstić information content (AvgIpc) is 3.00. The Bertz CT molecular complexity index is 1010. The second-order valence-electron chi connectivity index (χ2n) is 7.98. The van der Waals surface area contributed by atoms with Gasteiger partial charge in [0, 0.05) is 57.2 Å². The minimum Gasteiger partial charge on any atom is -0.352 e. The summed E-state index contributed by atoms with van der Waals surface area (Å²) in [5, 5.41) is 3.01. The molecule has 5 nitrogen and oxygen atoms in total. The van der Waals surface area contributed by atoms with Crippen LogP contribution in [-0.2, 0) is 13.0 Å². The lowest BCUT2D eigenvalue weighted by atomic mass is 9.99. The van der Waals surface area contributed by atoms with Gasteiger partial charge in [-0.05, 0) is 42.3 Å². The number of pyridine rings is 1. The maximum Gasteiger partial charge on any atom is 0.253 e. The fourth-order valence-corrected chi connectivity index (χ4v) is 4.43. The largest absolute Gasteiger partial charge is 0.352 e. The van der Waals surface area contributed by atoms with Gasteiger partial charge in [-0.15, -0.1) is 0 Å². The molecule has 3 aromatic rings. The van der Waals surface area contributed by atoms with Crippen LogP contribution in [0.1, 0.15) is 21.5 Å². The van der Waals surface area contributed by atoms with Gasteiger partial charge in [0.1, 0.15) is 0 Å². The molecule has 0 saturated carbocycles. The standard InChI is InChI=1S/C23H26N4O/c1-25-11-13-26(14-12-25)15-17-4-6-18(7-5-17)21-16-27-10-2-3-20-22(27)19(21)8-9-24-23(20)28/h2-7,10,16H,8-9,11-15H2,1H3,(H,24,28). The van der Waals surface area contributed by atoms with Crippen molar-refractivity contribution in [3.63, 3.8) is 0 Å². The van der Waals surface area contributed by atoms with Crippen LogP contribution in [-0.4, -0.2) is 59.9 Å². The SMILES string of the molecule is CN1CCN(Cc2ccc(-c3cn4cccc5c4c3CCNC5=O)cc2)CC1. The maximum absolute atomic E-state index is 12.4. The fraction of sp³-hybridized carbons (Fsp3) is 0.348. The summed E-state index contributed by atoms with van der Waals surface area (Å²) in [6.07, 6.45) is 5.06. The predicted octanol–water partition coefficient (Wildman–Crippen LogP) is 2.64. The van der Waals surface area contributed by atoms with Crippen molar-refractivity contribution in [2.75, 3.05) is 39.8 Å². The molecular weight excluding hydrogens is 348 g/mol. The molecule has 2 aliphatic heterocycles. The van der Waals surface area contributed by atoms with E-state index in [-0.39, 0.29) is 5.91 Å². The molecule has 2 aromatic heterocycles. The van der Waals surface area contributed by atoms with Crippen molar-refractivity contribution >= 4 is 11.4 Å². The summed E-state index contributed by atoms with van der Waals surface area (Å²) in [4.78, 5) is 17.3. The number of piperazine rings is 1. The minimum atomic E-state index is 0.0246. The van der Waals surface area contributed by atoms with Crippen LogP contribution in [0.2, 0.25) is 0 Å². The molecule has 0 atom stereocenters. The molecule has 0 aliphatic carbocycles. The van der Waals surface area contributed by atoms with Gasteiger partial charge in [0.15, 0.2) is 0 Å². The monoisotopic (exact) mass is 374 g/mol. The van der Waals surface area contributed by atoms with E-state index < -0.39 is 0 Å². The lowest BCUT2D eigenvalue weighted by Gasteiger charge is -2.32. The van der Waals surface area contributed by atoms with E-state index in [0.717, 1.165) is 50.2 Å². The number of carbonyl (C=O) groups excluding carboxylic acids is 1. The van der Waals surface area contributed by atoms with Crippen LogP contribution in [0.5, 0.6) is 0 Å². The highest BCUT2D eigenvalue weighted by molar-refractivity contribution is 6.03. The molecule has 5 rings (SSSR count). The third-order valence-electron chi connectivity index (χ3n) is 6.07. The summed E-state index contributed by atoms with van der Waals surface area (Å²) >= 11 is 0. The predicted molar refractivity (Wildman–Crippen MR) is 112 cm³/mol. The molecule has 0 unspecified atom stereocenters. The molecule has 1 N–H and O–H groups in total. The lowest BCUT2D eigenvalue weighted by molar-refractivity contribution is 0.0957. The minimum absolute atomic E-state index is 0.0246. The Labute approximate surface area is 165 Å². The second-order valence-corrected chi connectivity index (χ2v) is 7.98. The van der Waals surface area contributed by atoms with Gasteiger partial charge in [-0.3, -0.25) is 9.69 Å². The highest BCUT2D eigenvalue weighted by Gasteiger charge is 2.21. The summed E-state index contributed by atoms with van der Waals surface area (Å²) in [5.41, 5.74) is 6.90. The Morgan fingerprint density at radius 3 is 2.57 bits per heavy atom. The fourth-order valence-electron chi connectivity index (χ4n) is 4.43. The van der Waals surface area contributed by atoms with Crippen LogP contribution in [0.25, 0.3) is 16.6 Å². The zero-order valence-corrected chi connectivity index (χ0v) is 16.3. The van der Waals surface area contributed by atoms with Crippen molar-refractivity contribution in [1.29, 1.82) is 0 Å². The van der Waals surface area contributed by atoms with E-state index in [2.05, 4.69) is 57.0 Å². The quantitative estimate of drug-likeness (QED) is 0.766. The van der Waals surface area contributed by atoms with Gasteiger partial charge in [0.25, 0.3) is 5.91 Å². The Morgan fingerprint density at radius 1 is 1.00 bits per heavy atom. The van der Waals surface area contributed by atoms with E-state index in [1.807, 2.05) is 18.3 Å². The Kier molecular flexibility index (Phi) is 4.41. The molecule has 144 valence electrons. The van der Waals surface area contributed by atoms with Crippen LogP contribution >= 0.6 is 0 Å². The Morgan fingerprint density at radius 2 is 1.79 bits per heavy atom. The Hall–Kier alpha value is -2.63. The van der Waals surface area contributed by atoms with Crippen molar-refractivity contribution in [1.82, 2.24) is 19.5 Å². The topological polar surface area (TPSA) is 40.0 Å². The van der Waals surface area contributed by atoms with Gasteiger partial charge in [-0.2, -0.15) is 0 Å². The smallest absolute Gasteiger partial charge is 0.253 e. The third kappa shape index (κ3) is 3.11. The normalized spacial score (nSPS) is 18.2.